The van der Waals surface area contributed by atoms with E-state index in [1.165, 1.54) is 12.1 Å². The number of hydrogen-bond acceptors (Lipinski definition) is 3. The summed E-state index contributed by atoms with van der Waals surface area (Å²) in [5, 5.41) is 3.29. The van der Waals surface area contributed by atoms with Crippen molar-refractivity contribution in [1.82, 2.24) is 14.5 Å². The summed E-state index contributed by atoms with van der Waals surface area (Å²) in [6, 6.07) is 18.0. The molecule has 1 N–H and O–H groups in total. The van der Waals surface area contributed by atoms with Crippen molar-refractivity contribution in [2.75, 3.05) is 11.9 Å². The highest BCUT2D eigenvalue weighted by atomic mass is 19.1. The summed E-state index contributed by atoms with van der Waals surface area (Å²) in [7, 11) is 0. The van der Waals surface area contributed by atoms with Crippen LogP contribution in [0.25, 0.3) is 16.6 Å². The molecular formula is C28H29FN4O2. The molecule has 6 nitrogen and oxygen atoms in total. The summed E-state index contributed by atoms with van der Waals surface area (Å²) in [6.45, 7) is 8.22. The number of para-hydroxylation sites is 1. The third-order valence-corrected chi connectivity index (χ3v) is 6.04. The van der Waals surface area contributed by atoms with E-state index in [1.807, 2.05) is 58.0 Å². The molecule has 0 saturated carbocycles. The molecule has 1 unspecified atom stereocenters. The van der Waals surface area contributed by atoms with Gasteiger partial charge < -0.3 is 10.2 Å². The van der Waals surface area contributed by atoms with E-state index in [1.54, 1.807) is 33.7 Å². The Kier molecular flexibility index (Phi) is 6.96. The minimum Gasteiger partial charge on any atom is -0.315 e. The molecule has 1 atom stereocenters. The molecule has 0 radical (unpaired) electrons. The van der Waals surface area contributed by atoms with Gasteiger partial charge in [-0.3, -0.25) is 9.36 Å². The average Bonchev–Trinajstić information content (AvgIpc) is 2.82. The Morgan fingerprint density at radius 1 is 1.09 bits per heavy atom. The number of aryl methyl sites for hydroxylation is 2. The van der Waals surface area contributed by atoms with Crippen LogP contribution in [0.1, 0.15) is 43.3 Å². The van der Waals surface area contributed by atoms with Gasteiger partial charge in [0.2, 0.25) is 0 Å². The number of rotatable bonds is 6. The standard InChI is InChI=1S/C28H29FN4O2/c1-5-15-32(28(35)30-22-10-8-9-21(29)17-22)20(4)26-31-24-12-7-6-11-23(24)27(34)33(26)25-14-13-18(2)16-19(25)3/h6-14,16-17,20H,5,15H2,1-4H3,(H,30,35). The lowest BCUT2D eigenvalue weighted by Crippen LogP contribution is -2.40. The minimum absolute atomic E-state index is 0.189. The van der Waals surface area contributed by atoms with Crippen LogP contribution in [-0.4, -0.2) is 27.0 Å². The maximum absolute atomic E-state index is 13.7. The van der Waals surface area contributed by atoms with Crippen LogP contribution in [0.2, 0.25) is 0 Å². The highest BCUT2D eigenvalue weighted by molar-refractivity contribution is 5.89. The Labute approximate surface area is 204 Å². The van der Waals surface area contributed by atoms with Gasteiger partial charge >= 0.3 is 6.03 Å². The Balaban J connectivity index is 1.85. The van der Waals surface area contributed by atoms with Crippen molar-refractivity contribution in [3.63, 3.8) is 0 Å². The monoisotopic (exact) mass is 472 g/mol. The maximum atomic E-state index is 13.7. The van der Waals surface area contributed by atoms with Crippen molar-refractivity contribution in [2.45, 2.75) is 40.2 Å². The number of aromatic nitrogens is 2. The van der Waals surface area contributed by atoms with Gasteiger partial charge in [-0.2, -0.15) is 0 Å². The van der Waals surface area contributed by atoms with E-state index in [2.05, 4.69) is 5.32 Å². The lowest BCUT2D eigenvalue weighted by atomic mass is 10.1. The highest BCUT2D eigenvalue weighted by Crippen LogP contribution is 2.26. The fourth-order valence-electron chi connectivity index (χ4n) is 4.33. The molecule has 4 aromatic rings. The second-order valence-corrected chi connectivity index (χ2v) is 8.73. The molecule has 4 rings (SSSR count). The molecule has 1 aromatic heterocycles. The number of carbonyl (C=O) groups is 1. The number of halogens is 1. The van der Waals surface area contributed by atoms with Crippen LogP contribution >= 0.6 is 0 Å². The van der Waals surface area contributed by atoms with Crippen molar-refractivity contribution < 1.29 is 9.18 Å². The van der Waals surface area contributed by atoms with Crippen molar-refractivity contribution in [3.8, 4) is 5.69 Å². The third-order valence-electron chi connectivity index (χ3n) is 6.04. The number of hydrogen-bond donors (Lipinski definition) is 1. The van der Waals surface area contributed by atoms with Gasteiger partial charge in [0.25, 0.3) is 5.56 Å². The zero-order chi connectivity index (χ0) is 25.1. The van der Waals surface area contributed by atoms with Gasteiger partial charge in [-0.1, -0.05) is 42.8 Å². The van der Waals surface area contributed by atoms with E-state index in [0.29, 0.717) is 35.4 Å². The van der Waals surface area contributed by atoms with E-state index >= 15 is 0 Å². The summed E-state index contributed by atoms with van der Waals surface area (Å²) in [4.78, 5) is 33.5. The predicted molar refractivity (Wildman–Crippen MR) is 138 cm³/mol. The van der Waals surface area contributed by atoms with Crippen molar-refractivity contribution in [3.05, 3.63) is 99.9 Å². The van der Waals surface area contributed by atoms with Crippen molar-refractivity contribution in [1.29, 1.82) is 0 Å². The summed E-state index contributed by atoms with van der Waals surface area (Å²) in [5.74, 6) is 0.0289. The molecule has 0 aliphatic carbocycles. The van der Waals surface area contributed by atoms with Gasteiger partial charge in [-0.15, -0.1) is 0 Å². The van der Waals surface area contributed by atoms with Gasteiger partial charge in [0.15, 0.2) is 0 Å². The first kappa shape index (κ1) is 24.1. The summed E-state index contributed by atoms with van der Waals surface area (Å²) < 4.78 is 15.3. The molecule has 0 aliphatic rings. The Bertz CT molecular complexity index is 1450. The van der Waals surface area contributed by atoms with Crippen LogP contribution < -0.4 is 10.9 Å². The molecular weight excluding hydrogens is 443 g/mol. The van der Waals surface area contributed by atoms with Gasteiger partial charge in [0.1, 0.15) is 11.6 Å². The molecule has 2 amide bonds. The highest BCUT2D eigenvalue weighted by Gasteiger charge is 2.27. The fraction of sp³-hybridized carbons (Fsp3) is 0.250. The summed E-state index contributed by atoms with van der Waals surface area (Å²) >= 11 is 0. The van der Waals surface area contributed by atoms with Crippen LogP contribution in [-0.2, 0) is 0 Å². The molecule has 0 fully saturated rings. The molecule has 7 heteroatoms. The second kappa shape index (κ2) is 10.1. The number of benzene rings is 3. The number of anilines is 1. The molecule has 0 aliphatic heterocycles. The smallest absolute Gasteiger partial charge is 0.315 e. The van der Waals surface area contributed by atoms with Gasteiger partial charge in [0, 0.05) is 12.2 Å². The molecule has 3 aromatic carbocycles. The SMILES string of the molecule is CCCN(C(=O)Nc1cccc(F)c1)C(C)c1nc2ccccc2c(=O)n1-c1ccc(C)cc1C. The topological polar surface area (TPSA) is 67.2 Å². The number of carbonyl (C=O) groups excluding carboxylic acids is 1. The summed E-state index contributed by atoms with van der Waals surface area (Å²) in [6.07, 6.45) is 0.697. The lowest BCUT2D eigenvalue weighted by molar-refractivity contribution is 0.189. The summed E-state index contributed by atoms with van der Waals surface area (Å²) in [5.41, 5.74) is 3.49. The quantitative estimate of drug-likeness (QED) is 0.366. The molecule has 0 spiro atoms. The lowest BCUT2D eigenvalue weighted by Gasteiger charge is -2.30. The number of urea groups is 1. The van der Waals surface area contributed by atoms with Gasteiger partial charge in [-0.05, 0) is 69.2 Å². The predicted octanol–water partition coefficient (Wildman–Crippen LogP) is 6.15. The molecule has 180 valence electrons. The van der Waals surface area contributed by atoms with Crippen LogP contribution in [0.5, 0.6) is 0 Å². The maximum Gasteiger partial charge on any atom is 0.322 e. The van der Waals surface area contributed by atoms with Crippen molar-refractivity contribution in [2.24, 2.45) is 0 Å². The van der Waals surface area contributed by atoms with E-state index < -0.39 is 11.9 Å². The van der Waals surface area contributed by atoms with Crippen LogP contribution in [0.3, 0.4) is 0 Å². The number of amides is 2. The Hall–Kier alpha value is -4.00. The van der Waals surface area contributed by atoms with Gasteiger partial charge in [-0.25, -0.2) is 14.2 Å². The van der Waals surface area contributed by atoms with E-state index in [4.69, 9.17) is 4.98 Å². The van der Waals surface area contributed by atoms with Crippen LogP contribution in [0.15, 0.2) is 71.5 Å². The van der Waals surface area contributed by atoms with Gasteiger partial charge in [0.05, 0.1) is 22.6 Å². The second-order valence-electron chi connectivity index (χ2n) is 8.73. The Morgan fingerprint density at radius 2 is 1.86 bits per heavy atom. The largest absolute Gasteiger partial charge is 0.322 e. The zero-order valence-corrected chi connectivity index (χ0v) is 20.4. The Morgan fingerprint density at radius 3 is 2.57 bits per heavy atom. The number of nitrogens with one attached hydrogen (secondary N) is 1. The first-order valence-electron chi connectivity index (χ1n) is 11.7. The van der Waals surface area contributed by atoms with Crippen LogP contribution in [0, 0.1) is 19.7 Å². The average molecular weight is 473 g/mol. The van der Waals surface area contributed by atoms with Crippen molar-refractivity contribution >= 4 is 22.6 Å². The molecule has 0 bridgehead atoms. The minimum atomic E-state index is -0.540. The van der Waals surface area contributed by atoms with E-state index in [-0.39, 0.29) is 11.6 Å². The molecule has 1 heterocycles. The third kappa shape index (κ3) is 4.94. The fourth-order valence-corrected chi connectivity index (χ4v) is 4.33. The van der Waals surface area contributed by atoms with E-state index in [9.17, 15) is 14.0 Å². The first-order valence-corrected chi connectivity index (χ1v) is 11.7. The number of nitrogens with zero attached hydrogens (tertiary/aromatic N) is 3. The number of fused-ring (bicyclic) bond motifs is 1. The molecule has 35 heavy (non-hydrogen) atoms. The normalized spacial score (nSPS) is 11.9. The zero-order valence-electron chi connectivity index (χ0n) is 20.4. The molecule has 0 saturated heterocycles. The van der Waals surface area contributed by atoms with Crippen LogP contribution in [0.4, 0.5) is 14.9 Å². The first-order chi connectivity index (χ1) is 16.8. The van der Waals surface area contributed by atoms with E-state index in [0.717, 1.165) is 16.8 Å².